The second kappa shape index (κ2) is 8.95. The summed E-state index contributed by atoms with van der Waals surface area (Å²) in [5.41, 5.74) is -0.0335. The first-order valence-electron chi connectivity index (χ1n) is 7.41. The SMILES string of the molecule is CN=C(NCCc1ccco1)NCc1ncc(C(C)(C)C)o1.I. The average Bonchev–Trinajstić information content (AvgIpc) is 3.13. The number of nitrogens with one attached hydrogen (secondary N) is 2. The molecule has 0 aromatic carbocycles. The molecular weight excluding hydrogens is 407 g/mol. The molecule has 6 nitrogen and oxygen atoms in total. The van der Waals surface area contributed by atoms with E-state index in [-0.39, 0.29) is 29.4 Å². The summed E-state index contributed by atoms with van der Waals surface area (Å²) in [6, 6.07) is 3.84. The quantitative estimate of drug-likeness (QED) is 0.432. The zero-order chi connectivity index (χ0) is 16.0. The van der Waals surface area contributed by atoms with Crippen LogP contribution in [-0.4, -0.2) is 24.5 Å². The molecule has 0 bridgehead atoms. The van der Waals surface area contributed by atoms with Gasteiger partial charge in [0.1, 0.15) is 11.5 Å². The third-order valence-electron chi connectivity index (χ3n) is 3.17. The molecule has 0 aliphatic heterocycles. The van der Waals surface area contributed by atoms with Crippen molar-refractivity contribution in [1.82, 2.24) is 15.6 Å². The van der Waals surface area contributed by atoms with Crippen LogP contribution in [-0.2, 0) is 18.4 Å². The largest absolute Gasteiger partial charge is 0.469 e. The van der Waals surface area contributed by atoms with Gasteiger partial charge >= 0.3 is 0 Å². The number of hydrogen-bond acceptors (Lipinski definition) is 4. The molecule has 0 spiro atoms. The van der Waals surface area contributed by atoms with Crippen LogP contribution in [0.25, 0.3) is 0 Å². The van der Waals surface area contributed by atoms with Gasteiger partial charge in [-0.05, 0) is 12.1 Å². The van der Waals surface area contributed by atoms with Crippen LogP contribution in [0.15, 0.2) is 38.4 Å². The summed E-state index contributed by atoms with van der Waals surface area (Å²) in [5, 5.41) is 6.41. The fourth-order valence-electron chi connectivity index (χ4n) is 1.88. The summed E-state index contributed by atoms with van der Waals surface area (Å²) < 4.78 is 11.0. The second-order valence-electron chi connectivity index (χ2n) is 6.05. The van der Waals surface area contributed by atoms with E-state index in [9.17, 15) is 0 Å². The van der Waals surface area contributed by atoms with Crippen molar-refractivity contribution in [3.8, 4) is 0 Å². The van der Waals surface area contributed by atoms with E-state index in [0.717, 1.165) is 24.5 Å². The average molecular weight is 432 g/mol. The molecule has 0 saturated carbocycles. The molecule has 2 aromatic heterocycles. The van der Waals surface area contributed by atoms with Gasteiger partial charge in [-0.3, -0.25) is 4.99 Å². The Kier molecular flexibility index (Phi) is 7.60. The number of oxazole rings is 1. The number of hydrogen-bond donors (Lipinski definition) is 2. The highest BCUT2D eigenvalue weighted by Crippen LogP contribution is 2.22. The molecule has 2 aromatic rings. The first-order chi connectivity index (χ1) is 10.5. The van der Waals surface area contributed by atoms with Crippen molar-refractivity contribution < 1.29 is 8.83 Å². The normalized spacial score (nSPS) is 11.9. The smallest absolute Gasteiger partial charge is 0.213 e. The zero-order valence-corrected chi connectivity index (χ0v) is 16.4. The van der Waals surface area contributed by atoms with Gasteiger partial charge in [-0.15, -0.1) is 24.0 Å². The predicted molar refractivity (Wildman–Crippen MR) is 101 cm³/mol. The molecule has 0 radical (unpaired) electrons. The van der Waals surface area contributed by atoms with Crippen molar-refractivity contribution in [2.24, 2.45) is 4.99 Å². The van der Waals surface area contributed by atoms with Crippen LogP contribution in [0, 0.1) is 0 Å². The van der Waals surface area contributed by atoms with Crippen molar-refractivity contribution in [3.05, 3.63) is 42.0 Å². The monoisotopic (exact) mass is 432 g/mol. The van der Waals surface area contributed by atoms with E-state index in [2.05, 4.69) is 41.4 Å². The Morgan fingerprint density at radius 3 is 2.65 bits per heavy atom. The maximum atomic E-state index is 5.73. The standard InChI is InChI=1S/C16H24N4O2.HI/c1-16(2,3)13-10-19-14(22-13)11-20-15(17-4)18-8-7-12-6-5-9-21-12;/h5-6,9-10H,7-8,11H2,1-4H3,(H2,17,18,20);1H. The molecule has 0 atom stereocenters. The minimum atomic E-state index is -0.0335. The van der Waals surface area contributed by atoms with Crippen molar-refractivity contribution in [3.63, 3.8) is 0 Å². The molecule has 2 rings (SSSR count). The summed E-state index contributed by atoms with van der Waals surface area (Å²) >= 11 is 0. The first kappa shape index (κ1) is 19.5. The van der Waals surface area contributed by atoms with Crippen LogP contribution < -0.4 is 10.6 Å². The third-order valence-corrected chi connectivity index (χ3v) is 3.17. The van der Waals surface area contributed by atoms with Crippen LogP contribution in [0.3, 0.4) is 0 Å². The van der Waals surface area contributed by atoms with Crippen LogP contribution in [0.2, 0.25) is 0 Å². The van der Waals surface area contributed by atoms with Gasteiger partial charge in [-0.1, -0.05) is 20.8 Å². The fourth-order valence-corrected chi connectivity index (χ4v) is 1.88. The number of aromatic nitrogens is 1. The minimum absolute atomic E-state index is 0. The molecule has 7 heteroatoms. The van der Waals surface area contributed by atoms with E-state index in [0.29, 0.717) is 18.4 Å². The molecule has 0 fully saturated rings. The molecular formula is C16H25IN4O2. The van der Waals surface area contributed by atoms with Gasteiger partial charge in [0, 0.05) is 25.4 Å². The van der Waals surface area contributed by atoms with Crippen molar-refractivity contribution >= 4 is 29.9 Å². The highest BCUT2D eigenvalue weighted by Gasteiger charge is 2.19. The van der Waals surface area contributed by atoms with Crippen LogP contribution in [0.1, 0.15) is 38.2 Å². The lowest BCUT2D eigenvalue weighted by molar-refractivity contribution is 0.379. The summed E-state index contributed by atoms with van der Waals surface area (Å²) in [4.78, 5) is 8.45. The Balaban J connectivity index is 0.00000264. The molecule has 0 aliphatic carbocycles. The molecule has 2 heterocycles. The number of guanidine groups is 1. The van der Waals surface area contributed by atoms with E-state index >= 15 is 0 Å². The lowest BCUT2D eigenvalue weighted by Gasteiger charge is -2.13. The van der Waals surface area contributed by atoms with Gasteiger partial charge in [0.15, 0.2) is 5.96 Å². The van der Waals surface area contributed by atoms with Gasteiger partial charge in [-0.2, -0.15) is 0 Å². The lowest BCUT2D eigenvalue weighted by atomic mass is 9.94. The fraction of sp³-hybridized carbons (Fsp3) is 0.500. The van der Waals surface area contributed by atoms with Crippen molar-refractivity contribution in [2.45, 2.75) is 39.2 Å². The maximum absolute atomic E-state index is 5.73. The topological polar surface area (TPSA) is 75.6 Å². The Labute approximate surface area is 154 Å². The predicted octanol–water partition coefficient (Wildman–Crippen LogP) is 3.09. The van der Waals surface area contributed by atoms with Gasteiger partial charge in [0.2, 0.25) is 5.89 Å². The summed E-state index contributed by atoms with van der Waals surface area (Å²) in [5.74, 6) is 3.19. The van der Waals surface area contributed by atoms with E-state index in [4.69, 9.17) is 8.83 Å². The molecule has 0 amide bonds. The Morgan fingerprint density at radius 1 is 1.30 bits per heavy atom. The van der Waals surface area contributed by atoms with E-state index in [1.54, 1.807) is 19.5 Å². The number of halogens is 1. The number of furan rings is 1. The lowest BCUT2D eigenvalue weighted by Crippen LogP contribution is -2.37. The van der Waals surface area contributed by atoms with Crippen LogP contribution in [0.5, 0.6) is 0 Å². The van der Waals surface area contributed by atoms with Crippen molar-refractivity contribution in [1.29, 1.82) is 0 Å². The van der Waals surface area contributed by atoms with Gasteiger partial charge in [-0.25, -0.2) is 4.98 Å². The van der Waals surface area contributed by atoms with Crippen molar-refractivity contribution in [2.75, 3.05) is 13.6 Å². The van der Waals surface area contributed by atoms with E-state index in [1.165, 1.54) is 0 Å². The summed E-state index contributed by atoms with van der Waals surface area (Å²) in [6.45, 7) is 7.53. The van der Waals surface area contributed by atoms with Gasteiger partial charge < -0.3 is 19.5 Å². The summed E-state index contributed by atoms with van der Waals surface area (Å²) in [7, 11) is 1.73. The number of rotatable bonds is 5. The number of nitrogens with zero attached hydrogens (tertiary/aromatic N) is 2. The van der Waals surface area contributed by atoms with Crippen LogP contribution >= 0.6 is 24.0 Å². The van der Waals surface area contributed by atoms with Crippen LogP contribution in [0.4, 0.5) is 0 Å². The molecule has 0 aliphatic rings. The highest BCUT2D eigenvalue weighted by atomic mass is 127. The Bertz CT molecular complexity index is 600. The third kappa shape index (κ3) is 6.25. The first-order valence-corrected chi connectivity index (χ1v) is 7.41. The van der Waals surface area contributed by atoms with E-state index in [1.807, 2.05) is 12.1 Å². The van der Waals surface area contributed by atoms with Gasteiger partial charge in [0.05, 0.1) is 19.0 Å². The molecule has 2 N–H and O–H groups in total. The summed E-state index contributed by atoms with van der Waals surface area (Å²) in [6.07, 6.45) is 4.27. The van der Waals surface area contributed by atoms with Gasteiger partial charge in [0.25, 0.3) is 0 Å². The Hall–Kier alpha value is -1.51. The highest BCUT2D eigenvalue weighted by molar-refractivity contribution is 14.0. The van der Waals surface area contributed by atoms with E-state index < -0.39 is 0 Å². The molecule has 0 unspecified atom stereocenters. The molecule has 128 valence electrons. The zero-order valence-electron chi connectivity index (χ0n) is 14.0. The second-order valence-corrected chi connectivity index (χ2v) is 6.05. The molecule has 23 heavy (non-hydrogen) atoms. The maximum Gasteiger partial charge on any atom is 0.213 e. The minimum Gasteiger partial charge on any atom is -0.469 e. The molecule has 0 saturated heterocycles. The Morgan fingerprint density at radius 2 is 2.09 bits per heavy atom. The number of aliphatic imine (C=N–C) groups is 1.